The zero-order valence-electron chi connectivity index (χ0n) is 11.5. The quantitative estimate of drug-likeness (QED) is 0.668. The molecule has 2 aromatic carbocycles. The molecule has 0 spiro atoms. The average Bonchev–Trinajstić information content (AvgIpc) is 2.76. The fourth-order valence-corrected chi connectivity index (χ4v) is 2.47. The Balaban J connectivity index is 2.09. The predicted molar refractivity (Wildman–Crippen MR) is 83.8 cm³/mol. The molecule has 106 valence electrons. The Labute approximate surface area is 129 Å². The van der Waals surface area contributed by atoms with Crippen LogP contribution in [0.1, 0.15) is 21.5 Å². The second kappa shape index (κ2) is 5.00. The van der Waals surface area contributed by atoms with E-state index in [0.29, 0.717) is 22.2 Å². The number of aryl methyl sites for hydroxylation is 2. The molecule has 5 heteroatoms. The Morgan fingerprint density at radius 2 is 1.81 bits per heavy atom. The Bertz CT molecular complexity index is 921. The van der Waals surface area contributed by atoms with Gasteiger partial charge in [-0.1, -0.05) is 15.9 Å². The largest absolute Gasteiger partial charge is 0.419 e. The standard InChI is InChI=1S/C16H12BrNO3/c1-9-7-10(3-5-12(9)17)15(19)11-4-6-13-14(8-11)21-16(20)18(13)2/h3-8H,1-2H3. The summed E-state index contributed by atoms with van der Waals surface area (Å²) in [4.78, 5) is 24.0. The molecule has 0 aliphatic heterocycles. The van der Waals surface area contributed by atoms with Gasteiger partial charge in [0.2, 0.25) is 0 Å². The van der Waals surface area contributed by atoms with Gasteiger partial charge in [-0.25, -0.2) is 4.79 Å². The topological polar surface area (TPSA) is 52.2 Å². The third kappa shape index (κ3) is 2.34. The number of carbonyl (C=O) groups excluding carboxylic acids is 1. The number of nitrogens with zero attached hydrogens (tertiary/aromatic N) is 1. The van der Waals surface area contributed by atoms with Crippen LogP contribution >= 0.6 is 15.9 Å². The summed E-state index contributed by atoms with van der Waals surface area (Å²) in [6.45, 7) is 1.93. The van der Waals surface area contributed by atoms with E-state index in [2.05, 4.69) is 15.9 Å². The van der Waals surface area contributed by atoms with Crippen molar-refractivity contribution in [2.75, 3.05) is 0 Å². The first-order valence-electron chi connectivity index (χ1n) is 6.38. The van der Waals surface area contributed by atoms with Gasteiger partial charge in [0, 0.05) is 22.6 Å². The van der Waals surface area contributed by atoms with Gasteiger partial charge in [0.1, 0.15) is 0 Å². The lowest BCUT2D eigenvalue weighted by atomic mass is 10.0. The summed E-state index contributed by atoms with van der Waals surface area (Å²) < 4.78 is 7.49. The summed E-state index contributed by atoms with van der Waals surface area (Å²) in [5, 5.41) is 0. The number of hydrogen-bond donors (Lipinski definition) is 0. The van der Waals surface area contributed by atoms with E-state index < -0.39 is 5.76 Å². The molecular weight excluding hydrogens is 334 g/mol. The summed E-state index contributed by atoms with van der Waals surface area (Å²) in [5.74, 6) is -0.534. The second-order valence-electron chi connectivity index (χ2n) is 4.90. The van der Waals surface area contributed by atoms with E-state index in [1.807, 2.05) is 19.1 Å². The molecule has 0 N–H and O–H groups in total. The maximum absolute atomic E-state index is 12.5. The van der Waals surface area contributed by atoms with Gasteiger partial charge >= 0.3 is 5.76 Å². The van der Waals surface area contributed by atoms with E-state index in [-0.39, 0.29) is 5.78 Å². The first-order valence-corrected chi connectivity index (χ1v) is 7.17. The van der Waals surface area contributed by atoms with E-state index in [1.54, 1.807) is 31.3 Å². The Kier molecular flexibility index (Phi) is 3.29. The first-order chi connectivity index (χ1) is 9.97. The van der Waals surface area contributed by atoms with Crippen molar-refractivity contribution < 1.29 is 9.21 Å². The molecule has 0 aliphatic carbocycles. The SMILES string of the molecule is Cc1cc(C(=O)c2ccc3c(c2)oc(=O)n3C)ccc1Br. The van der Waals surface area contributed by atoms with Crippen LogP contribution in [0.2, 0.25) is 0 Å². The van der Waals surface area contributed by atoms with Crippen molar-refractivity contribution in [3.63, 3.8) is 0 Å². The highest BCUT2D eigenvalue weighted by Crippen LogP contribution is 2.21. The van der Waals surface area contributed by atoms with Crippen molar-refractivity contribution in [1.29, 1.82) is 0 Å². The van der Waals surface area contributed by atoms with Gasteiger partial charge in [-0.15, -0.1) is 0 Å². The van der Waals surface area contributed by atoms with E-state index in [9.17, 15) is 9.59 Å². The summed E-state index contributed by atoms with van der Waals surface area (Å²) >= 11 is 3.41. The molecule has 0 amide bonds. The molecule has 0 saturated carbocycles. The summed E-state index contributed by atoms with van der Waals surface area (Å²) in [6, 6.07) is 10.5. The van der Waals surface area contributed by atoms with Gasteiger partial charge in [-0.05, 0) is 48.9 Å². The number of halogens is 1. The number of rotatable bonds is 2. The van der Waals surface area contributed by atoms with Crippen LogP contribution in [0.25, 0.3) is 11.1 Å². The molecule has 0 aliphatic rings. The van der Waals surface area contributed by atoms with Crippen LogP contribution in [-0.4, -0.2) is 10.4 Å². The molecule has 0 atom stereocenters. The molecule has 1 aromatic heterocycles. The minimum atomic E-state index is -0.436. The van der Waals surface area contributed by atoms with Gasteiger partial charge < -0.3 is 4.42 Å². The molecule has 0 bridgehead atoms. The van der Waals surface area contributed by atoms with Crippen molar-refractivity contribution in [1.82, 2.24) is 4.57 Å². The smallest absolute Gasteiger partial charge is 0.408 e. The van der Waals surface area contributed by atoms with Crippen LogP contribution in [0.15, 0.2) is 50.1 Å². The number of aromatic nitrogens is 1. The predicted octanol–water partition coefficient (Wildman–Crippen LogP) is 3.43. The highest BCUT2D eigenvalue weighted by molar-refractivity contribution is 9.10. The molecule has 21 heavy (non-hydrogen) atoms. The lowest BCUT2D eigenvalue weighted by Gasteiger charge is -2.04. The fourth-order valence-electron chi connectivity index (χ4n) is 2.23. The molecule has 1 heterocycles. The Hall–Kier alpha value is -2.14. The van der Waals surface area contributed by atoms with Gasteiger partial charge in [0.05, 0.1) is 5.52 Å². The lowest BCUT2D eigenvalue weighted by molar-refractivity contribution is 0.103. The molecule has 0 saturated heterocycles. The van der Waals surface area contributed by atoms with Crippen molar-refractivity contribution in [3.05, 3.63) is 68.1 Å². The molecule has 0 fully saturated rings. The molecule has 0 unspecified atom stereocenters. The van der Waals surface area contributed by atoms with Crippen LogP contribution in [0.5, 0.6) is 0 Å². The third-order valence-electron chi connectivity index (χ3n) is 3.47. The van der Waals surface area contributed by atoms with Crippen LogP contribution in [0.3, 0.4) is 0 Å². The maximum atomic E-state index is 12.5. The lowest BCUT2D eigenvalue weighted by Crippen LogP contribution is -2.08. The van der Waals surface area contributed by atoms with E-state index in [1.165, 1.54) is 4.57 Å². The van der Waals surface area contributed by atoms with Crippen LogP contribution in [-0.2, 0) is 7.05 Å². The van der Waals surface area contributed by atoms with Gasteiger partial charge in [-0.2, -0.15) is 0 Å². The fraction of sp³-hybridized carbons (Fsp3) is 0.125. The number of oxazole rings is 1. The van der Waals surface area contributed by atoms with Crippen LogP contribution in [0, 0.1) is 6.92 Å². The minimum Gasteiger partial charge on any atom is -0.408 e. The van der Waals surface area contributed by atoms with E-state index in [0.717, 1.165) is 10.0 Å². The van der Waals surface area contributed by atoms with Crippen molar-refractivity contribution in [3.8, 4) is 0 Å². The molecule has 4 nitrogen and oxygen atoms in total. The average molecular weight is 346 g/mol. The van der Waals surface area contributed by atoms with Gasteiger partial charge in [0.15, 0.2) is 11.4 Å². The number of fused-ring (bicyclic) bond motifs is 1. The maximum Gasteiger partial charge on any atom is 0.419 e. The molecule has 3 rings (SSSR count). The first kappa shape index (κ1) is 13.8. The highest BCUT2D eigenvalue weighted by Gasteiger charge is 2.13. The molecule has 0 radical (unpaired) electrons. The number of carbonyl (C=O) groups is 1. The number of hydrogen-bond acceptors (Lipinski definition) is 3. The molecule has 3 aromatic rings. The summed E-state index contributed by atoms with van der Waals surface area (Å²) in [6.07, 6.45) is 0. The number of ketones is 1. The normalized spacial score (nSPS) is 11.0. The summed E-state index contributed by atoms with van der Waals surface area (Å²) in [5.41, 5.74) is 3.19. The van der Waals surface area contributed by atoms with Crippen molar-refractivity contribution in [2.45, 2.75) is 6.92 Å². The van der Waals surface area contributed by atoms with Gasteiger partial charge in [0.25, 0.3) is 0 Å². The van der Waals surface area contributed by atoms with Crippen molar-refractivity contribution >= 4 is 32.8 Å². The van der Waals surface area contributed by atoms with Crippen LogP contribution in [0.4, 0.5) is 0 Å². The van der Waals surface area contributed by atoms with Crippen LogP contribution < -0.4 is 5.76 Å². The van der Waals surface area contributed by atoms with Crippen molar-refractivity contribution in [2.24, 2.45) is 7.05 Å². The Morgan fingerprint density at radius 1 is 1.14 bits per heavy atom. The van der Waals surface area contributed by atoms with Gasteiger partial charge in [-0.3, -0.25) is 9.36 Å². The third-order valence-corrected chi connectivity index (χ3v) is 4.36. The van der Waals surface area contributed by atoms with E-state index >= 15 is 0 Å². The zero-order chi connectivity index (χ0) is 15.1. The van der Waals surface area contributed by atoms with E-state index in [4.69, 9.17) is 4.42 Å². The Morgan fingerprint density at radius 3 is 2.52 bits per heavy atom. The monoisotopic (exact) mass is 345 g/mol. The minimum absolute atomic E-state index is 0.0981. The highest BCUT2D eigenvalue weighted by atomic mass is 79.9. The number of benzene rings is 2. The second-order valence-corrected chi connectivity index (χ2v) is 5.76. The zero-order valence-corrected chi connectivity index (χ0v) is 13.1. The molecular formula is C16H12BrNO3. The summed E-state index contributed by atoms with van der Waals surface area (Å²) in [7, 11) is 1.63.